The zero-order valence-corrected chi connectivity index (χ0v) is 16.3. The lowest BCUT2D eigenvalue weighted by atomic mass is 10.1. The van der Waals surface area contributed by atoms with Crippen molar-refractivity contribution < 1.29 is 19.1 Å². The Balaban J connectivity index is 1.64. The number of carbonyl (C=O) groups excluding carboxylic acids is 3. The number of hydrogen-bond acceptors (Lipinski definition) is 7. The van der Waals surface area contributed by atoms with Gasteiger partial charge in [-0.2, -0.15) is 5.10 Å². The molecule has 152 valence electrons. The van der Waals surface area contributed by atoms with Gasteiger partial charge in [-0.1, -0.05) is 0 Å². The Morgan fingerprint density at radius 1 is 1.18 bits per heavy atom. The second-order valence-electron chi connectivity index (χ2n) is 7.92. The highest BCUT2D eigenvalue weighted by molar-refractivity contribution is 5.99. The van der Waals surface area contributed by atoms with E-state index >= 15 is 0 Å². The van der Waals surface area contributed by atoms with Crippen LogP contribution in [-0.4, -0.2) is 64.4 Å². The van der Waals surface area contributed by atoms with Gasteiger partial charge in [0.25, 0.3) is 11.5 Å². The van der Waals surface area contributed by atoms with Crippen LogP contribution in [0.15, 0.2) is 17.1 Å². The van der Waals surface area contributed by atoms with E-state index in [1.54, 1.807) is 4.90 Å². The Kier molecular flexibility index (Phi) is 5.39. The summed E-state index contributed by atoms with van der Waals surface area (Å²) in [6, 6.07) is 0.656. The van der Waals surface area contributed by atoms with Crippen molar-refractivity contribution in [2.24, 2.45) is 0 Å². The van der Waals surface area contributed by atoms with E-state index in [9.17, 15) is 19.2 Å². The van der Waals surface area contributed by atoms with Gasteiger partial charge < -0.3 is 14.5 Å². The van der Waals surface area contributed by atoms with E-state index in [1.807, 2.05) is 25.7 Å². The van der Waals surface area contributed by atoms with Gasteiger partial charge in [0.1, 0.15) is 11.6 Å². The third-order valence-corrected chi connectivity index (χ3v) is 4.61. The van der Waals surface area contributed by atoms with Crippen LogP contribution in [0, 0.1) is 0 Å². The average Bonchev–Trinajstić information content (AvgIpc) is 2.61. The van der Waals surface area contributed by atoms with Crippen molar-refractivity contribution in [3.63, 3.8) is 0 Å². The van der Waals surface area contributed by atoms with Gasteiger partial charge >= 0.3 is 6.09 Å². The van der Waals surface area contributed by atoms with Crippen LogP contribution >= 0.6 is 0 Å². The lowest BCUT2D eigenvalue weighted by Crippen LogP contribution is -2.50. The Labute approximate surface area is 162 Å². The van der Waals surface area contributed by atoms with Crippen LogP contribution in [0.3, 0.4) is 0 Å². The molecule has 2 saturated heterocycles. The Bertz CT molecular complexity index is 836. The van der Waals surface area contributed by atoms with Gasteiger partial charge in [0.2, 0.25) is 5.91 Å². The molecule has 10 heteroatoms. The molecule has 3 rings (SSSR count). The number of nitrogens with zero attached hydrogens (tertiary/aromatic N) is 4. The van der Waals surface area contributed by atoms with E-state index in [4.69, 9.17) is 4.74 Å². The lowest BCUT2D eigenvalue weighted by molar-refractivity contribution is -0.136. The maximum Gasteiger partial charge on any atom is 0.410 e. The quantitative estimate of drug-likeness (QED) is 0.720. The molecule has 1 N–H and O–H groups in total. The average molecular weight is 391 g/mol. The fourth-order valence-electron chi connectivity index (χ4n) is 3.20. The normalized spacial score (nSPS) is 20.8. The molecule has 1 aromatic rings. The van der Waals surface area contributed by atoms with Gasteiger partial charge in [-0.25, -0.2) is 9.48 Å². The molecule has 0 bridgehead atoms. The number of piperazine rings is 1. The molecule has 3 heterocycles. The number of aromatic nitrogens is 2. The van der Waals surface area contributed by atoms with Crippen molar-refractivity contribution in [3.05, 3.63) is 22.6 Å². The summed E-state index contributed by atoms with van der Waals surface area (Å²) < 4.78 is 6.49. The molecule has 1 unspecified atom stereocenters. The molecule has 2 aliphatic heterocycles. The molecule has 0 saturated carbocycles. The van der Waals surface area contributed by atoms with Gasteiger partial charge in [0, 0.05) is 38.7 Å². The van der Waals surface area contributed by atoms with Crippen molar-refractivity contribution in [2.45, 2.75) is 45.3 Å². The minimum Gasteiger partial charge on any atom is -0.444 e. The van der Waals surface area contributed by atoms with E-state index in [0.29, 0.717) is 31.9 Å². The van der Waals surface area contributed by atoms with Gasteiger partial charge in [-0.15, -0.1) is 0 Å². The first-order valence-electron chi connectivity index (χ1n) is 9.29. The van der Waals surface area contributed by atoms with E-state index in [-0.39, 0.29) is 24.8 Å². The summed E-state index contributed by atoms with van der Waals surface area (Å²) in [5.74, 6) is -0.849. The SMILES string of the molecule is CC(C)(C)OC(=O)N1CCN(c2cnn(C3CCC(=O)NC3=O)c(=O)c2)CC1. The minimum atomic E-state index is -0.775. The van der Waals surface area contributed by atoms with Crippen LogP contribution < -0.4 is 15.8 Å². The largest absolute Gasteiger partial charge is 0.444 e. The molecule has 0 radical (unpaired) electrons. The molecule has 0 aromatic carbocycles. The summed E-state index contributed by atoms with van der Waals surface area (Å²) in [6.45, 7) is 7.51. The summed E-state index contributed by atoms with van der Waals surface area (Å²) >= 11 is 0. The molecular weight excluding hydrogens is 366 g/mol. The first-order valence-corrected chi connectivity index (χ1v) is 9.29. The number of rotatable bonds is 2. The van der Waals surface area contributed by atoms with E-state index in [1.165, 1.54) is 12.3 Å². The van der Waals surface area contributed by atoms with E-state index < -0.39 is 23.1 Å². The molecule has 0 aliphatic carbocycles. The number of nitrogens with one attached hydrogen (secondary N) is 1. The van der Waals surface area contributed by atoms with Crippen LogP contribution in [0.2, 0.25) is 0 Å². The number of piperidine rings is 1. The highest BCUT2D eigenvalue weighted by Gasteiger charge is 2.30. The Hall–Kier alpha value is -2.91. The second kappa shape index (κ2) is 7.61. The number of imide groups is 1. The number of amides is 3. The van der Waals surface area contributed by atoms with E-state index in [0.717, 1.165) is 4.68 Å². The van der Waals surface area contributed by atoms with Gasteiger partial charge in [-0.05, 0) is 27.2 Å². The topological polar surface area (TPSA) is 114 Å². The first kappa shape index (κ1) is 19.8. The second-order valence-corrected chi connectivity index (χ2v) is 7.92. The summed E-state index contributed by atoms with van der Waals surface area (Å²) in [5, 5.41) is 6.37. The molecular formula is C18H25N5O5. The number of anilines is 1. The van der Waals surface area contributed by atoms with Crippen molar-refractivity contribution >= 4 is 23.6 Å². The first-order chi connectivity index (χ1) is 13.1. The van der Waals surface area contributed by atoms with Gasteiger partial charge in [0.05, 0.1) is 11.9 Å². The summed E-state index contributed by atoms with van der Waals surface area (Å²) in [5.41, 5.74) is -0.308. The monoisotopic (exact) mass is 391 g/mol. The molecule has 2 fully saturated rings. The maximum absolute atomic E-state index is 12.5. The minimum absolute atomic E-state index is 0.179. The maximum atomic E-state index is 12.5. The van der Waals surface area contributed by atoms with Crippen molar-refractivity contribution in [1.29, 1.82) is 0 Å². The van der Waals surface area contributed by atoms with Crippen molar-refractivity contribution in [2.75, 3.05) is 31.1 Å². The van der Waals surface area contributed by atoms with Crippen LogP contribution in [0.5, 0.6) is 0 Å². The predicted octanol–water partition coefficient (Wildman–Crippen LogP) is 0.278. The lowest BCUT2D eigenvalue weighted by Gasteiger charge is -2.36. The molecule has 3 amide bonds. The fourth-order valence-corrected chi connectivity index (χ4v) is 3.20. The number of ether oxygens (including phenoxy) is 1. The number of hydrogen-bond donors (Lipinski definition) is 1. The predicted molar refractivity (Wildman–Crippen MR) is 99.9 cm³/mol. The highest BCUT2D eigenvalue weighted by Crippen LogP contribution is 2.18. The smallest absolute Gasteiger partial charge is 0.410 e. The molecule has 0 spiro atoms. The third-order valence-electron chi connectivity index (χ3n) is 4.61. The van der Waals surface area contributed by atoms with Crippen LogP contribution in [0.4, 0.5) is 10.5 Å². The fraction of sp³-hybridized carbons (Fsp3) is 0.611. The molecule has 1 atom stereocenters. The van der Waals surface area contributed by atoms with Crippen LogP contribution in [0.25, 0.3) is 0 Å². The summed E-state index contributed by atoms with van der Waals surface area (Å²) in [7, 11) is 0. The standard InChI is InChI=1S/C18H25N5O5/c1-18(2,3)28-17(27)22-8-6-21(7-9-22)12-10-15(25)23(19-11-12)13-4-5-14(24)20-16(13)26/h10-11,13H,4-9H2,1-3H3,(H,20,24,26). The summed E-state index contributed by atoms with van der Waals surface area (Å²) in [6.07, 6.45) is 1.62. The van der Waals surface area contributed by atoms with Crippen LogP contribution in [-0.2, 0) is 14.3 Å². The molecule has 1 aromatic heterocycles. The Morgan fingerprint density at radius 2 is 1.86 bits per heavy atom. The van der Waals surface area contributed by atoms with Gasteiger partial charge in [-0.3, -0.25) is 19.7 Å². The van der Waals surface area contributed by atoms with Crippen molar-refractivity contribution in [3.8, 4) is 0 Å². The third kappa shape index (κ3) is 4.49. The molecule has 2 aliphatic rings. The van der Waals surface area contributed by atoms with Crippen molar-refractivity contribution in [1.82, 2.24) is 20.0 Å². The van der Waals surface area contributed by atoms with Crippen LogP contribution in [0.1, 0.15) is 39.7 Å². The summed E-state index contributed by atoms with van der Waals surface area (Å²) in [4.78, 5) is 51.4. The highest BCUT2D eigenvalue weighted by atomic mass is 16.6. The number of carbonyl (C=O) groups is 3. The van der Waals surface area contributed by atoms with Gasteiger partial charge in [0.15, 0.2) is 0 Å². The Morgan fingerprint density at radius 3 is 2.43 bits per heavy atom. The van der Waals surface area contributed by atoms with E-state index in [2.05, 4.69) is 10.4 Å². The zero-order valence-electron chi connectivity index (χ0n) is 16.3. The molecule has 28 heavy (non-hydrogen) atoms. The zero-order chi connectivity index (χ0) is 20.5. The molecule has 10 nitrogen and oxygen atoms in total.